The number of esters is 2. The molecule has 12 heteroatoms. The minimum Gasteiger partial charge on any atom is -0.457 e. The molecular formula is C43H37N3O9. The van der Waals surface area contributed by atoms with E-state index in [1.54, 1.807) is 65.6 Å². The smallest absolute Gasteiger partial charge is 0.345 e. The first-order valence-corrected chi connectivity index (χ1v) is 17.7. The van der Waals surface area contributed by atoms with Crippen molar-refractivity contribution in [1.29, 1.82) is 0 Å². The van der Waals surface area contributed by atoms with Crippen LogP contribution in [0.25, 0.3) is 0 Å². The Labute approximate surface area is 317 Å². The average Bonchev–Trinajstić information content (AvgIpc) is 3.45. The van der Waals surface area contributed by atoms with Crippen LogP contribution in [0.15, 0.2) is 120 Å². The van der Waals surface area contributed by atoms with E-state index in [4.69, 9.17) is 14.2 Å². The van der Waals surface area contributed by atoms with Gasteiger partial charge >= 0.3 is 11.9 Å². The number of ether oxygens (including phenoxy) is 3. The first-order valence-electron chi connectivity index (χ1n) is 17.7. The molecule has 2 aliphatic rings. The monoisotopic (exact) mass is 739 g/mol. The van der Waals surface area contributed by atoms with Crippen molar-refractivity contribution in [3.63, 3.8) is 0 Å². The van der Waals surface area contributed by atoms with Crippen molar-refractivity contribution in [2.45, 2.75) is 32.6 Å². The number of imide groups is 1. The molecule has 0 spiro atoms. The number of carbonyl (C=O) groups excluding carboxylic acids is 6. The van der Waals surface area contributed by atoms with Gasteiger partial charge in [0.25, 0.3) is 11.8 Å². The zero-order chi connectivity index (χ0) is 38.6. The van der Waals surface area contributed by atoms with Crippen molar-refractivity contribution in [2.24, 2.45) is 0 Å². The molecule has 55 heavy (non-hydrogen) atoms. The normalized spacial score (nSPS) is 13.2. The zero-order valence-corrected chi connectivity index (χ0v) is 29.8. The Bertz CT molecular complexity index is 2110. The van der Waals surface area contributed by atoms with Crippen LogP contribution in [0, 0.1) is 11.8 Å². The standard InChI is InChI=1S/C43H37N3O9/c47-36(44-23-21-37(48)46-27-34-17-8-7-15-32(34)19-20-33-16-9-10-18-35(33)46)22-25-53-26-24-45-40(49)38(42(51)54-28-30-11-3-1-4-12-30)39(41(45)50)43(52)55-29-31-13-5-2-6-14-31/h1-18H,21-29H2,(H,44,47). The lowest BCUT2D eigenvalue weighted by molar-refractivity contribution is -0.144. The Balaban J connectivity index is 0.982. The zero-order valence-electron chi connectivity index (χ0n) is 29.8. The minimum atomic E-state index is -1.14. The fourth-order valence-corrected chi connectivity index (χ4v) is 5.91. The van der Waals surface area contributed by atoms with Crippen LogP contribution in [-0.4, -0.2) is 66.8 Å². The second kappa shape index (κ2) is 18.3. The van der Waals surface area contributed by atoms with Crippen LogP contribution in [0.3, 0.4) is 0 Å². The van der Waals surface area contributed by atoms with Gasteiger partial charge in [0.2, 0.25) is 11.8 Å². The van der Waals surface area contributed by atoms with E-state index in [-0.39, 0.29) is 64.2 Å². The number of carbonyl (C=O) groups is 6. The Morgan fingerprint density at radius 2 is 1.18 bits per heavy atom. The predicted molar refractivity (Wildman–Crippen MR) is 199 cm³/mol. The fourth-order valence-electron chi connectivity index (χ4n) is 5.91. The first kappa shape index (κ1) is 37.9. The van der Waals surface area contributed by atoms with Gasteiger partial charge in [-0.05, 0) is 34.9 Å². The van der Waals surface area contributed by atoms with Crippen molar-refractivity contribution >= 4 is 41.3 Å². The molecule has 0 unspecified atom stereocenters. The molecule has 0 bridgehead atoms. The van der Waals surface area contributed by atoms with E-state index in [0.29, 0.717) is 23.4 Å². The van der Waals surface area contributed by atoms with Crippen molar-refractivity contribution < 1.29 is 43.0 Å². The second-order valence-corrected chi connectivity index (χ2v) is 12.5. The molecule has 0 saturated heterocycles. The highest BCUT2D eigenvalue weighted by Gasteiger charge is 2.46. The molecule has 0 saturated carbocycles. The van der Waals surface area contributed by atoms with Crippen LogP contribution >= 0.6 is 0 Å². The topological polar surface area (TPSA) is 149 Å². The van der Waals surface area contributed by atoms with Crippen LogP contribution in [0.1, 0.15) is 40.7 Å². The van der Waals surface area contributed by atoms with Gasteiger partial charge in [0.15, 0.2) is 0 Å². The summed E-state index contributed by atoms with van der Waals surface area (Å²) < 4.78 is 16.1. The van der Waals surface area contributed by atoms with Gasteiger partial charge in [0, 0.05) is 30.5 Å². The number of amides is 4. The van der Waals surface area contributed by atoms with Gasteiger partial charge in [-0.15, -0.1) is 0 Å². The van der Waals surface area contributed by atoms with Gasteiger partial charge in [-0.3, -0.25) is 24.1 Å². The van der Waals surface area contributed by atoms with Gasteiger partial charge in [-0.25, -0.2) is 9.59 Å². The van der Waals surface area contributed by atoms with E-state index in [9.17, 15) is 28.8 Å². The summed E-state index contributed by atoms with van der Waals surface area (Å²) in [6.07, 6.45) is -0.00703. The Hall–Kier alpha value is -6.84. The number of fused-ring (bicyclic) bond motifs is 2. The number of benzene rings is 4. The van der Waals surface area contributed by atoms with E-state index >= 15 is 0 Å². The Morgan fingerprint density at radius 3 is 1.82 bits per heavy atom. The van der Waals surface area contributed by atoms with Crippen molar-refractivity contribution in [3.8, 4) is 11.8 Å². The van der Waals surface area contributed by atoms with Crippen LogP contribution in [0.2, 0.25) is 0 Å². The highest BCUT2D eigenvalue weighted by molar-refractivity contribution is 6.38. The summed E-state index contributed by atoms with van der Waals surface area (Å²) >= 11 is 0. The number of rotatable bonds is 15. The second-order valence-electron chi connectivity index (χ2n) is 12.5. The molecule has 1 N–H and O–H groups in total. The minimum absolute atomic E-state index is 0.0505. The Kier molecular flexibility index (Phi) is 12.6. The third-order valence-corrected chi connectivity index (χ3v) is 8.77. The van der Waals surface area contributed by atoms with Gasteiger partial charge < -0.3 is 24.4 Å². The van der Waals surface area contributed by atoms with Gasteiger partial charge in [-0.1, -0.05) is 103 Å². The summed E-state index contributed by atoms with van der Waals surface area (Å²) in [4.78, 5) is 81.4. The molecule has 0 atom stereocenters. The summed E-state index contributed by atoms with van der Waals surface area (Å²) in [6.45, 7) is -0.482. The van der Waals surface area contributed by atoms with Crippen LogP contribution in [-0.2, 0) is 62.7 Å². The molecule has 4 aromatic rings. The number of anilines is 1. The van der Waals surface area contributed by atoms with E-state index in [1.807, 2.05) is 48.5 Å². The molecule has 0 fully saturated rings. The summed E-state index contributed by atoms with van der Waals surface area (Å²) in [7, 11) is 0. The summed E-state index contributed by atoms with van der Waals surface area (Å²) in [6, 6.07) is 32.5. The number of nitrogens with one attached hydrogen (secondary N) is 1. The van der Waals surface area contributed by atoms with E-state index in [2.05, 4.69) is 17.2 Å². The molecule has 2 aliphatic heterocycles. The highest BCUT2D eigenvalue weighted by Crippen LogP contribution is 2.27. The lowest BCUT2D eigenvalue weighted by atomic mass is 10.0. The number of nitrogens with zero attached hydrogens (tertiary/aromatic N) is 2. The lowest BCUT2D eigenvalue weighted by Gasteiger charge is -2.26. The van der Waals surface area contributed by atoms with E-state index in [1.165, 1.54) is 0 Å². The maximum absolute atomic E-state index is 13.4. The fraction of sp³-hybridized carbons (Fsp3) is 0.209. The summed E-state index contributed by atoms with van der Waals surface area (Å²) in [5.41, 5.74) is 3.05. The molecule has 4 amide bonds. The third-order valence-electron chi connectivity index (χ3n) is 8.77. The first-order chi connectivity index (χ1) is 26.8. The predicted octanol–water partition coefficient (Wildman–Crippen LogP) is 4.00. The quantitative estimate of drug-likeness (QED) is 0.0628. The maximum Gasteiger partial charge on any atom is 0.345 e. The van der Waals surface area contributed by atoms with Crippen molar-refractivity contribution in [2.75, 3.05) is 31.2 Å². The van der Waals surface area contributed by atoms with E-state index in [0.717, 1.165) is 21.6 Å². The van der Waals surface area contributed by atoms with Gasteiger partial charge in [-0.2, -0.15) is 0 Å². The molecule has 0 radical (unpaired) electrons. The maximum atomic E-state index is 13.4. The summed E-state index contributed by atoms with van der Waals surface area (Å²) in [5.74, 6) is 1.50. The Morgan fingerprint density at radius 1 is 0.636 bits per heavy atom. The number of para-hydroxylation sites is 1. The molecule has 4 aromatic carbocycles. The average molecular weight is 740 g/mol. The highest BCUT2D eigenvalue weighted by atomic mass is 16.5. The lowest BCUT2D eigenvalue weighted by Crippen LogP contribution is -2.36. The number of hydrogen-bond donors (Lipinski definition) is 1. The molecule has 0 aromatic heterocycles. The van der Waals surface area contributed by atoms with Crippen molar-refractivity contribution in [3.05, 3.63) is 148 Å². The SMILES string of the molecule is O=C(CCOCCN1C(=O)C(C(=O)OCc2ccccc2)=C(C(=O)OCc2ccccc2)C1=O)NCCC(=O)N1Cc2ccccc2C#Cc2ccccc21. The van der Waals surface area contributed by atoms with Gasteiger partial charge in [0.1, 0.15) is 24.4 Å². The molecule has 0 aliphatic carbocycles. The molecule has 12 nitrogen and oxygen atoms in total. The molecular weight excluding hydrogens is 702 g/mol. The van der Waals surface area contributed by atoms with Crippen LogP contribution < -0.4 is 10.2 Å². The van der Waals surface area contributed by atoms with Crippen molar-refractivity contribution in [1.82, 2.24) is 10.2 Å². The largest absolute Gasteiger partial charge is 0.457 e. The van der Waals surface area contributed by atoms with E-state index < -0.39 is 34.9 Å². The summed E-state index contributed by atoms with van der Waals surface area (Å²) in [5, 5.41) is 2.73. The molecule has 2 heterocycles. The van der Waals surface area contributed by atoms with Crippen LogP contribution in [0.5, 0.6) is 0 Å². The third kappa shape index (κ3) is 9.59. The van der Waals surface area contributed by atoms with Crippen LogP contribution in [0.4, 0.5) is 5.69 Å². The molecule has 6 rings (SSSR count). The number of hydrogen-bond acceptors (Lipinski definition) is 9. The molecule has 278 valence electrons. The van der Waals surface area contributed by atoms with Gasteiger partial charge in [0.05, 0.1) is 32.0 Å².